The summed E-state index contributed by atoms with van der Waals surface area (Å²) < 4.78 is 17.2. The molecule has 0 fully saturated rings. The number of fused-ring (bicyclic) bond motifs is 1. The van der Waals surface area contributed by atoms with Crippen LogP contribution >= 0.6 is 0 Å². The first-order valence-electron chi connectivity index (χ1n) is 8.93. The van der Waals surface area contributed by atoms with Gasteiger partial charge in [-0.25, -0.2) is 9.59 Å². The number of nitrogens with zero attached hydrogens (tertiary/aromatic N) is 2. The number of methoxy groups -OCH3 is 2. The van der Waals surface area contributed by atoms with Crippen molar-refractivity contribution in [3.63, 3.8) is 0 Å². The zero-order valence-corrected chi connectivity index (χ0v) is 16.2. The zero-order valence-electron chi connectivity index (χ0n) is 16.2. The number of aromatic amines is 1. The first kappa shape index (κ1) is 19.2. The van der Waals surface area contributed by atoms with E-state index in [1.165, 1.54) is 18.8 Å². The van der Waals surface area contributed by atoms with Gasteiger partial charge >= 0.3 is 11.7 Å². The molecule has 1 aliphatic heterocycles. The normalized spacial score (nSPS) is 14.9. The lowest BCUT2D eigenvalue weighted by Crippen LogP contribution is -2.36. The molecule has 30 heavy (non-hydrogen) atoms. The summed E-state index contributed by atoms with van der Waals surface area (Å²) in [6.07, 6.45) is 2.08. The average Bonchev–Trinajstić information content (AvgIpc) is 3.07. The number of esters is 1. The van der Waals surface area contributed by atoms with Crippen LogP contribution in [0.4, 0.5) is 5.82 Å². The molecule has 0 aliphatic carbocycles. The highest BCUT2D eigenvalue weighted by Crippen LogP contribution is 2.44. The third kappa shape index (κ3) is 2.98. The summed E-state index contributed by atoms with van der Waals surface area (Å²) in [5, 5.41) is 0. The summed E-state index contributed by atoms with van der Waals surface area (Å²) in [6.45, 7) is 0.0851. The third-order valence-electron chi connectivity index (χ3n) is 4.89. The predicted molar refractivity (Wildman–Crippen MR) is 106 cm³/mol. The second kappa shape index (κ2) is 7.39. The van der Waals surface area contributed by atoms with E-state index in [4.69, 9.17) is 19.9 Å². The fourth-order valence-electron chi connectivity index (χ4n) is 3.50. The highest BCUT2D eigenvalue weighted by Gasteiger charge is 2.39. The van der Waals surface area contributed by atoms with Crippen LogP contribution in [0.3, 0.4) is 0 Å². The first-order valence-corrected chi connectivity index (χ1v) is 8.93. The predicted octanol–water partition coefficient (Wildman–Crippen LogP) is 0.839. The van der Waals surface area contributed by atoms with E-state index in [1.54, 1.807) is 36.7 Å². The minimum atomic E-state index is -1.10. The van der Waals surface area contributed by atoms with E-state index < -0.39 is 23.3 Å². The summed E-state index contributed by atoms with van der Waals surface area (Å²) >= 11 is 0. The average molecular weight is 410 g/mol. The van der Waals surface area contributed by atoms with Crippen LogP contribution in [0.5, 0.6) is 11.5 Å². The monoisotopic (exact) mass is 410 g/mol. The molecule has 0 amide bonds. The number of cyclic esters (lactones) is 1. The maximum Gasteiger partial charge on any atom is 0.343 e. The molecule has 0 spiro atoms. The number of ether oxygens (including phenoxy) is 3. The highest BCUT2D eigenvalue weighted by atomic mass is 16.6. The number of hydrogen-bond donors (Lipinski definition) is 2. The van der Waals surface area contributed by atoms with Gasteiger partial charge in [-0.2, -0.15) is 0 Å². The minimum absolute atomic E-state index is 0.0437. The topological polar surface area (TPSA) is 139 Å². The van der Waals surface area contributed by atoms with Crippen LogP contribution in [0.15, 0.2) is 46.2 Å². The molecule has 0 saturated heterocycles. The Morgan fingerprint density at radius 2 is 2.00 bits per heavy atom. The fourth-order valence-corrected chi connectivity index (χ4v) is 3.50. The lowest BCUT2D eigenvalue weighted by atomic mass is 9.99. The number of nitrogens with two attached hydrogens (primary N) is 1. The molecule has 0 unspecified atom stereocenters. The second-order valence-electron chi connectivity index (χ2n) is 6.56. The molecule has 0 saturated carbocycles. The van der Waals surface area contributed by atoms with Crippen LogP contribution < -0.4 is 26.5 Å². The van der Waals surface area contributed by atoms with Crippen LogP contribution in [-0.2, 0) is 11.3 Å². The smallest absolute Gasteiger partial charge is 0.343 e. The molecule has 2 aromatic heterocycles. The Labute approximate surface area is 169 Å². The Hall–Kier alpha value is -4.08. The van der Waals surface area contributed by atoms with Crippen molar-refractivity contribution in [2.75, 3.05) is 20.0 Å². The molecule has 4 rings (SSSR count). The van der Waals surface area contributed by atoms with E-state index in [0.29, 0.717) is 16.9 Å². The lowest BCUT2D eigenvalue weighted by molar-refractivity contribution is 0.0452. The Balaban J connectivity index is 1.87. The van der Waals surface area contributed by atoms with Gasteiger partial charge in [0.15, 0.2) is 17.6 Å². The molecule has 0 radical (unpaired) electrons. The highest BCUT2D eigenvalue weighted by molar-refractivity contribution is 5.98. The standard InChI is InChI=1S/C20H18N4O6/c1-28-12-6-5-11-13(16(12)29-2)19(26)30-15(11)14-17(21)24(20(27)23-18(14)25)9-10-4-3-7-22-8-10/h3-8,15H,9,21H2,1-2H3,(H,23,25,27)/t15-/m1/s1. The van der Waals surface area contributed by atoms with Crippen molar-refractivity contribution in [3.8, 4) is 11.5 Å². The van der Waals surface area contributed by atoms with Gasteiger partial charge in [0.05, 0.1) is 20.8 Å². The molecular formula is C20H18N4O6. The summed E-state index contributed by atoms with van der Waals surface area (Å²) in [5.74, 6) is -0.249. The maximum absolute atomic E-state index is 12.6. The molecule has 1 aromatic carbocycles. The fraction of sp³-hybridized carbons (Fsp3) is 0.200. The number of carbonyl (C=O) groups is 1. The van der Waals surface area contributed by atoms with Gasteiger partial charge in [0.2, 0.25) is 0 Å². The molecule has 0 bridgehead atoms. The van der Waals surface area contributed by atoms with E-state index in [0.717, 1.165) is 0 Å². The number of hydrogen-bond acceptors (Lipinski definition) is 8. The van der Waals surface area contributed by atoms with Gasteiger partial charge in [0, 0.05) is 18.0 Å². The van der Waals surface area contributed by atoms with Crippen molar-refractivity contribution in [1.82, 2.24) is 14.5 Å². The Morgan fingerprint density at radius 3 is 2.67 bits per heavy atom. The number of rotatable bonds is 5. The second-order valence-corrected chi connectivity index (χ2v) is 6.56. The van der Waals surface area contributed by atoms with Crippen LogP contribution in [0.25, 0.3) is 0 Å². The molecular weight excluding hydrogens is 392 g/mol. The number of nitrogens with one attached hydrogen (secondary N) is 1. The SMILES string of the molecule is COc1ccc2c(c1OC)C(=O)O[C@H]2c1c(N)n(Cc2cccnc2)c(=O)[nH]c1=O. The van der Waals surface area contributed by atoms with Crippen LogP contribution in [0.1, 0.15) is 33.2 Å². The quantitative estimate of drug-likeness (QED) is 0.590. The number of H-pyrrole nitrogens is 1. The molecule has 154 valence electrons. The van der Waals surface area contributed by atoms with E-state index in [1.807, 2.05) is 0 Å². The summed E-state index contributed by atoms with van der Waals surface area (Å²) in [6, 6.07) is 6.69. The van der Waals surface area contributed by atoms with Crippen LogP contribution in [-0.4, -0.2) is 34.7 Å². The van der Waals surface area contributed by atoms with Crippen molar-refractivity contribution < 1.29 is 19.0 Å². The molecule has 10 heteroatoms. The van der Waals surface area contributed by atoms with Gasteiger partial charge in [-0.3, -0.25) is 19.3 Å². The molecule has 3 heterocycles. The number of anilines is 1. The van der Waals surface area contributed by atoms with Gasteiger partial charge in [0.25, 0.3) is 5.56 Å². The van der Waals surface area contributed by atoms with Crippen molar-refractivity contribution in [3.05, 3.63) is 79.8 Å². The van der Waals surface area contributed by atoms with Gasteiger partial charge < -0.3 is 19.9 Å². The number of benzene rings is 1. The van der Waals surface area contributed by atoms with E-state index in [2.05, 4.69) is 9.97 Å². The number of pyridine rings is 1. The largest absolute Gasteiger partial charge is 0.493 e. The summed E-state index contributed by atoms with van der Waals surface area (Å²) in [5.41, 5.74) is 6.00. The minimum Gasteiger partial charge on any atom is -0.493 e. The van der Waals surface area contributed by atoms with E-state index in [-0.39, 0.29) is 29.2 Å². The molecule has 10 nitrogen and oxygen atoms in total. The van der Waals surface area contributed by atoms with Gasteiger partial charge in [-0.05, 0) is 17.7 Å². The summed E-state index contributed by atoms with van der Waals surface area (Å²) in [7, 11) is 2.84. The Kier molecular flexibility index (Phi) is 4.74. The molecule has 1 atom stereocenters. The molecule has 3 aromatic rings. The number of aromatic nitrogens is 3. The van der Waals surface area contributed by atoms with Crippen molar-refractivity contribution >= 4 is 11.8 Å². The third-order valence-corrected chi connectivity index (χ3v) is 4.89. The number of carbonyl (C=O) groups excluding carboxylic acids is 1. The zero-order chi connectivity index (χ0) is 21.4. The summed E-state index contributed by atoms with van der Waals surface area (Å²) in [4.78, 5) is 43.9. The van der Waals surface area contributed by atoms with Gasteiger partial charge in [-0.15, -0.1) is 0 Å². The van der Waals surface area contributed by atoms with Gasteiger partial charge in [0.1, 0.15) is 16.9 Å². The maximum atomic E-state index is 12.6. The van der Waals surface area contributed by atoms with Crippen molar-refractivity contribution in [2.45, 2.75) is 12.6 Å². The number of nitrogen functional groups attached to an aromatic ring is 1. The van der Waals surface area contributed by atoms with Crippen molar-refractivity contribution in [1.29, 1.82) is 0 Å². The van der Waals surface area contributed by atoms with Crippen LogP contribution in [0.2, 0.25) is 0 Å². The van der Waals surface area contributed by atoms with Crippen LogP contribution in [0, 0.1) is 0 Å². The van der Waals surface area contributed by atoms with E-state index in [9.17, 15) is 14.4 Å². The lowest BCUT2D eigenvalue weighted by Gasteiger charge is -2.17. The Morgan fingerprint density at radius 1 is 1.20 bits per heavy atom. The molecule has 1 aliphatic rings. The van der Waals surface area contributed by atoms with E-state index >= 15 is 0 Å². The Bertz CT molecular complexity index is 1250. The van der Waals surface area contributed by atoms with Crippen molar-refractivity contribution in [2.24, 2.45) is 0 Å². The first-order chi connectivity index (χ1) is 14.5. The van der Waals surface area contributed by atoms with Gasteiger partial charge in [-0.1, -0.05) is 12.1 Å². The molecule has 3 N–H and O–H groups in total.